The van der Waals surface area contributed by atoms with Crippen molar-refractivity contribution in [3.05, 3.63) is 76.8 Å². The largest absolute Gasteiger partial charge is 0.375 e. The predicted molar refractivity (Wildman–Crippen MR) is 117 cm³/mol. The van der Waals surface area contributed by atoms with Crippen molar-refractivity contribution in [3.8, 4) is 0 Å². The van der Waals surface area contributed by atoms with Gasteiger partial charge in [-0.3, -0.25) is 4.79 Å². The molecule has 0 aliphatic carbocycles. The number of hydrogen-bond acceptors (Lipinski definition) is 9. The highest BCUT2D eigenvalue weighted by Crippen LogP contribution is 2.17. The molecule has 0 saturated carbocycles. The van der Waals surface area contributed by atoms with Gasteiger partial charge >= 0.3 is 0 Å². The van der Waals surface area contributed by atoms with E-state index in [1.807, 2.05) is 5.32 Å². The quantitative estimate of drug-likeness (QED) is 0.236. The molecule has 1 amide bonds. The lowest BCUT2D eigenvalue weighted by molar-refractivity contribution is -0.284. The standard InChI is InChI=1S/C21H24N4O5S/c22-19-24-17(13-31-19)10-18(26)23-16-8-6-15(7-9-16)12-21(29,30)25-20(27,28)11-14-4-2-1-3-5-14/h1-9,13,25,27-30H,10-12H2,(H2,22,24)(H,23,26). The number of amides is 1. The predicted octanol–water partition coefficient (Wildman–Crippen LogP) is 0.558. The Morgan fingerprint density at radius 3 is 2.06 bits per heavy atom. The van der Waals surface area contributed by atoms with Gasteiger partial charge in [-0.2, -0.15) is 0 Å². The minimum atomic E-state index is -2.58. The topological polar surface area (TPSA) is 161 Å². The van der Waals surface area contributed by atoms with Crippen molar-refractivity contribution in [2.45, 2.75) is 31.1 Å². The van der Waals surface area contributed by atoms with Gasteiger partial charge in [-0.05, 0) is 23.3 Å². The lowest BCUT2D eigenvalue weighted by Gasteiger charge is -2.32. The molecule has 0 saturated heterocycles. The van der Waals surface area contributed by atoms with Crippen LogP contribution in [0.3, 0.4) is 0 Å². The Morgan fingerprint density at radius 2 is 1.52 bits per heavy atom. The molecule has 0 unspecified atom stereocenters. The van der Waals surface area contributed by atoms with E-state index in [9.17, 15) is 25.2 Å². The maximum Gasteiger partial charge on any atom is 0.230 e. The molecule has 3 rings (SSSR count). The van der Waals surface area contributed by atoms with Crippen LogP contribution in [0.2, 0.25) is 0 Å². The van der Waals surface area contributed by atoms with Crippen LogP contribution in [0.15, 0.2) is 60.0 Å². The molecule has 1 heterocycles. The van der Waals surface area contributed by atoms with Crippen LogP contribution in [-0.4, -0.2) is 43.1 Å². The Kier molecular flexibility index (Phi) is 7.01. The van der Waals surface area contributed by atoms with Crippen molar-refractivity contribution in [1.29, 1.82) is 0 Å². The molecule has 164 valence electrons. The third-order valence-corrected chi connectivity index (χ3v) is 5.02. The highest BCUT2D eigenvalue weighted by Gasteiger charge is 2.35. The Labute approximate surface area is 182 Å². The average molecular weight is 445 g/mol. The van der Waals surface area contributed by atoms with Gasteiger partial charge in [0, 0.05) is 23.9 Å². The second-order valence-electron chi connectivity index (χ2n) is 7.20. The first-order valence-corrected chi connectivity index (χ1v) is 10.3. The third-order valence-electron chi connectivity index (χ3n) is 4.29. The summed E-state index contributed by atoms with van der Waals surface area (Å²) in [6.07, 6.45) is -0.477. The summed E-state index contributed by atoms with van der Waals surface area (Å²) in [7, 11) is 0. The Bertz CT molecular complexity index is 1010. The number of nitrogens with zero attached hydrogens (tertiary/aromatic N) is 1. The third kappa shape index (κ3) is 7.40. The molecule has 9 nitrogen and oxygen atoms in total. The summed E-state index contributed by atoms with van der Waals surface area (Å²) in [5, 5.41) is 47.5. The van der Waals surface area contributed by atoms with Gasteiger partial charge in [0.2, 0.25) is 17.7 Å². The normalized spacial score (nSPS) is 12.0. The Morgan fingerprint density at radius 1 is 0.935 bits per heavy atom. The Hall–Kier alpha value is -2.86. The van der Waals surface area contributed by atoms with Crippen LogP contribution in [0.5, 0.6) is 0 Å². The summed E-state index contributed by atoms with van der Waals surface area (Å²) < 4.78 is 0. The molecule has 0 bridgehead atoms. The Balaban J connectivity index is 1.54. The van der Waals surface area contributed by atoms with Crippen molar-refractivity contribution >= 4 is 28.1 Å². The van der Waals surface area contributed by atoms with Gasteiger partial charge in [-0.1, -0.05) is 42.5 Å². The summed E-state index contributed by atoms with van der Waals surface area (Å²) >= 11 is 1.26. The van der Waals surface area contributed by atoms with E-state index in [0.29, 0.717) is 27.6 Å². The zero-order valence-corrected chi connectivity index (χ0v) is 17.3. The number of rotatable bonds is 9. The van der Waals surface area contributed by atoms with Gasteiger partial charge in [-0.15, -0.1) is 11.3 Å². The summed E-state index contributed by atoms with van der Waals surface area (Å²) in [5.74, 6) is -5.37. The molecular weight excluding hydrogens is 420 g/mol. The van der Waals surface area contributed by atoms with E-state index in [4.69, 9.17) is 5.73 Å². The van der Waals surface area contributed by atoms with E-state index in [0.717, 1.165) is 0 Å². The summed E-state index contributed by atoms with van der Waals surface area (Å²) in [6, 6.07) is 15.0. The van der Waals surface area contributed by atoms with E-state index in [2.05, 4.69) is 10.3 Å². The van der Waals surface area contributed by atoms with E-state index < -0.39 is 11.8 Å². The molecule has 0 aliphatic rings. The highest BCUT2D eigenvalue weighted by atomic mass is 32.1. The monoisotopic (exact) mass is 444 g/mol. The number of carbonyl (C=O) groups is 1. The molecular formula is C21H24N4O5S. The molecule has 10 heteroatoms. The minimum Gasteiger partial charge on any atom is -0.375 e. The van der Waals surface area contributed by atoms with E-state index in [1.54, 1.807) is 60.0 Å². The molecule has 0 fully saturated rings. The fourth-order valence-electron chi connectivity index (χ4n) is 3.05. The molecule has 0 atom stereocenters. The fourth-order valence-corrected chi connectivity index (χ4v) is 3.62. The summed E-state index contributed by atoms with van der Waals surface area (Å²) in [6.45, 7) is 0. The first-order valence-electron chi connectivity index (χ1n) is 9.42. The van der Waals surface area contributed by atoms with Crippen molar-refractivity contribution in [3.63, 3.8) is 0 Å². The van der Waals surface area contributed by atoms with Crippen LogP contribution < -0.4 is 16.4 Å². The summed E-state index contributed by atoms with van der Waals surface area (Å²) in [5.41, 5.74) is 7.76. The lowest BCUT2D eigenvalue weighted by atomic mass is 10.1. The zero-order valence-electron chi connectivity index (χ0n) is 16.5. The van der Waals surface area contributed by atoms with Crippen molar-refractivity contribution in [2.75, 3.05) is 11.1 Å². The number of aliphatic hydroxyl groups is 4. The van der Waals surface area contributed by atoms with Crippen LogP contribution in [-0.2, 0) is 24.1 Å². The number of nitrogen functional groups attached to an aromatic ring is 1. The average Bonchev–Trinajstić information content (AvgIpc) is 3.07. The van der Waals surface area contributed by atoms with Crippen molar-refractivity contribution in [2.24, 2.45) is 0 Å². The second kappa shape index (κ2) is 9.52. The first kappa shape index (κ1) is 22.8. The number of nitrogens with one attached hydrogen (secondary N) is 2. The van der Waals surface area contributed by atoms with Crippen LogP contribution in [0.25, 0.3) is 0 Å². The van der Waals surface area contributed by atoms with Crippen LogP contribution in [0, 0.1) is 0 Å². The number of anilines is 2. The first-order chi connectivity index (χ1) is 14.6. The SMILES string of the molecule is Nc1nc(CC(=O)Nc2ccc(CC(O)(O)NC(O)(O)Cc3ccccc3)cc2)cs1. The van der Waals surface area contributed by atoms with Crippen LogP contribution in [0.1, 0.15) is 16.8 Å². The zero-order chi connectivity index (χ0) is 22.5. The number of carbonyl (C=O) groups excluding carboxylic acids is 1. The number of thiazole rings is 1. The molecule has 2 aromatic carbocycles. The van der Waals surface area contributed by atoms with Gasteiger partial charge in [0.1, 0.15) is 0 Å². The molecule has 0 spiro atoms. The smallest absolute Gasteiger partial charge is 0.230 e. The van der Waals surface area contributed by atoms with E-state index in [1.165, 1.54) is 11.3 Å². The number of aromatic nitrogens is 1. The number of benzene rings is 2. The number of nitrogens with two attached hydrogens (primary N) is 1. The highest BCUT2D eigenvalue weighted by molar-refractivity contribution is 7.13. The molecule has 0 radical (unpaired) electrons. The van der Waals surface area contributed by atoms with Crippen molar-refractivity contribution in [1.82, 2.24) is 10.3 Å². The van der Waals surface area contributed by atoms with Gasteiger partial charge in [0.25, 0.3) is 0 Å². The van der Waals surface area contributed by atoms with Gasteiger partial charge < -0.3 is 31.5 Å². The second-order valence-corrected chi connectivity index (χ2v) is 8.09. The minimum absolute atomic E-state index is 0.0895. The lowest BCUT2D eigenvalue weighted by Crippen LogP contribution is -2.60. The maximum absolute atomic E-state index is 12.1. The number of hydrogen-bond donors (Lipinski definition) is 7. The fraction of sp³-hybridized carbons (Fsp3) is 0.238. The molecule has 31 heavy (non-hydrogen) atoms. The van der Waals surface area contributed by atoms with Gasteiger partial charge in [0.05, 0.1) is 12.1 Å². The van der Waals surface area contributed by atoms with Gasteiger partial charge in [-0.25, -0.2) is 10.3 Å². The summed E-state index contributed by atoms with van der Waals surface area (Å²) in [4.78, 5) is 16.1. The van der Waals surface area contributed by atoms with E-state index >= 15 is 0 Å². The van der Waals surface area contributed by atoms with E-state index in [-0.39, 0.29) is 25.2 Å². The van der Waals surface area contributed by atoms with Crippen LogP contribution in [0.4, 0.5) is 10.8 Å². The molecule has 1 aromatic heterocycles. The molecule has 3 aromatic rings. The van der Waals surface area contributed by atoms with Crippen LogP contribution >= 0.6 is 11.3 Å². The maximum atomic E-state index is 12.1. The molecule has 8 N–H and O–H groups in total. The van der Waals surface area contributed by atoms with Crippen molar-refractivity contribution < 1.29 is 25.2 Å². The molecule has 0 aliphatic heterocycles. The van der Waals surface area contributed by atoms with Gasteiger partial charge in [0.15, 0.2) is 5.13 Å².